The number of ether oxygens (including phenoxy) is 1. The Morgan fingerprint density at radius 3 is 2.40 bits per heavy atom. The Bertz CT molecular complexity index is 196. The molecule has 0 radical (unpaired) electrons. The van der Waals surface area contributed by atoms with Crippen LogP contribution in [0.3, 0.4) is 0 Å². The zero-order valence-corrected chi connectivity index (χ0v) is 5.87. The number of aliphatic imine (C=N–C) groups is 2. The number of esters is 1. The number of hydrogen-bond donors (Lipinski definition) is 0. The van der Waals surface area contributed by atoms with Crippen molar-refractivity contribution in [1.29, 1.82) is 0 Å². The highest BCUT2D eigenvalue weighted by Gasteiger charge is 2.25. The molecule has 4 nitrogen and oxygen atoms in total. The highest BCUT2D eigenvalue weighted by atomic mass is 16.6. The van der Waals surface area contributed by atoms with Gasteiger partial charge >= 0.3 is 5.97 Å². The Balaban J connectivity index is 2.62. The second-order valence-electron chi connectivity index (χ2n) is 2.08. The van der Waals surface area contributed by atoms with Gasteiger partial charge in [0.05, 0.1) is 0 Å². The minimum Gasteiger partial charge on any atom is -0.417 e. The van der Waals surface area contributed by atoms with Crippen LogP contribution in [0.15, 0.2) is 9.98 Å². The van der Waals surface area contributed by atoms with Crippen molar-refractivity contribution < 1.29 is 9.53 Å². The van der Waals surface area contributed by atoms with Crippen LogP contribution in [-0.2, 0) is 9.53 Å². The Labute approximate surface area is 58.6 Å². The predicted octanol–water partition coefficient (Wildman–Crippen LogP) is 0.378. The maximum Gasteiger partial charge on any atom is 0.306 e. The molecule has 0 amide bonds. The van der Waals surface area contributed by atoms with Crippen LogP contribution >= 0.6 is 0 Å². The fourth-order valence-electron chi connectivity index (χ4n) is 0.702. The van der Waals surface area contributed by atoms with Crippen LogP contribution < -0.4 is 0 Å². The zero-order valence-electron chi connectivity index (χ0n) is 5.87. The number of carbonyl (C=O) groups excluding carboxylic acids is 1. The summed E-state index contributed by atoms with van der Waals surface area (Å²) in [6.45, 7) is 2.95. The van der Waals surface area contributed by atoms with E-state index in [1.807, 2.05) is 0 Å². The molecular formula is C6H8N2O2. The van der Waals surface area contributed by atoms with E-state index in [1.165, 1.54) is 19.4 Å². The van der Waals surface area contributed by atoms with Crippen molar-refractivity contribution in [3.63, 3.8) is 0 Å². The maximum absolute atomic E-state index is 10.4. The average Bonchev–Trinajstić information content (AvgIpc) is 2.12. The van der Waals surface area contributed by atoms with Crippen molar-refractivity contribution in [2.45, 2.75) is 19.7 Å². The molecule has 4 heteroatoms. The largest absolute Gasteiger partial charge is 0.417 e. The third kappa shape index (κ3) is 1.40. The lowest BCUT2D eigenvalue weighted by Gasteiger charge is -2.15. The molecule has 0 saturated heterocycles. The van der Waals surface area contributed by atoms with Crippen LogP contribution in [0.4, 0.5) is 0 Å². The van der Waals surface area contributed by atoms with Crippen LogP contribution in [0.25, 0.3) is 0 Å². The van der Waals surface area contributed by atoms with Crippen molar-refractivity contribution in [1.82, 2.24) is 0 Å². The first kappa shape index (κ1) is 6.92. The Morgan fingerprint density at radius 2 is 2.00 bits per heavy atom. The molecule has 0 N–H and O–H groups in total. The molecule has 0 fully saturated rings. The highest BCUT2D eigenvalue weighted by Crippen LogP contribution is 2.15. The van der Waals surface area contributed by atoms with Gasteiger partial charge in [-0.15, -0.1) is 0 Å². The van der Waals surface area contributed by atoms with Crippen molar-refractivity contribution >= 4 is 18.4 Å². The first-order chi connectivity index (χ1) is 4.62. The molecule has 0 unspecified atom stereocenters. The highest BCUT2D eigenvalue weighted by molar-refractivity contribution is 6.17. The van der Waals surface area contributed by atoms with E-state index in [-0.39, 0.29) is 5.97 Å². The van der Waals surface area contributed by atoms with Gasteiger partial charge in [-0.3, -0.25) is 4.79 Å². The van der Waals surface area contributed by atoms with E-state index in [1.54, 1.807) is 6.92 Å². The molecule has 0 bridgehead atoms. The zero-order chi connectivity index (χ0) is 7.61. The molecule has 1 rings (SSSR count). The van der Waals surface area contributed by atoms with E-state index < -0.39 is 5.85 Å². The number of nitrogens with zero attached hydrogens (tertiary/aromatic N) is 2. The molecule has 0 saturated carbocycles. The van der Waals surface area contributed by atoms with Gasteiger partial charge in [-0.25, -0.2) is 9.98 Å². The van der Waals surface area contributed by atoms with Gasteiger partial charge in [0.2, 0.25) is 0 Å². The van der Waals surface area contributed by atoms with Crippen LogP contribution in [0, 0.1) is 0 Å². The lowest BCUT2D eigenvalue weighted by atomic mass is 10.5. The molecular weight excluding hydrogens is 132 g/mol. The summed E-state index contributed by atoms with van der Waals surface area (Å²) in [6, 6.07) is 0. The summed E-state index contributed by atoms with van der Waals surface area (Å²) in [5.41, 5.74) is 0. The Kier molecular flexibility index (Phi) is 1.53. The quantitative estimate of drug-likeness (QED) is 0.494. The normalized spacial score (nSPS) is 19.4. The van der Waals surface area contributed by atoms with Crippen molar-refractivity contribution in [3.8, 4) is 0 Å². The molecule has 0 spiro atoms. The molecule has 54 valence electrons. The lowest BCUT2D eigenvalue weighted by molar-refractivity contribution is -0.153. The van der Waals surface area contributed by atoms with Gasteiger partial charge in [0.15, 0.2) is 0 Å². The fraction of sp³-hybridized carbons (Fsp3) is 0.500. The topological polar surface area (TPSA) is 51.0 Å². The Morgan fingerprint density at radius 1 is 1.50 bits per heavy atom. The summed E-state index contributed by atoms with van der Waals surface area (Å²) < 4.78 is 4.76. The number of carbonyl (C=O) groups is 1. The second kappa shape index (κ2) is 2.21. The van der Waals surface area contributed by atoms with Gasteiger partial charge in [0, 0.05) is 26.3 Å². The molecule has 0 aliphatic carbocycles. The van der Waals surface area contributed by atoms with Crippen molar-refractivity contribution in [2.24, 2.45) is 9.98 Å². The smallest absolute Gasteiger partial charge is 0.306 e. The first-order valence-electron chi connectivity index (χ1n) is 2.91. The monoisotopic (exact) mass is 140 g/mol. The van der Waals surface area contributed by atoms with Crippen LogP contribution in [-0.4, -0.2) is 24.2 Å². The average molecular weight is 140 g/mol. The summed E-state index contributed by atoms with van der Waals surface area (Å²) in [7, 11) is 0. The van der Waals surface area contributed by atoms with Gasteiger partial charge in [0.1, 0.15) is 0 Å². The van der Waals surface area contributed by atoms with Crippen LogP contribution in [0.5, 0.6) is 0 Å². The SMILES string of the molecule is CC(=O)OC1(C)N=CC=N1. The van der Waals surface area contributed by atoms with Gasteiger partial charge in [-0.1, -0.05) is 0 Å². The first-order valence-corrected chi connectivity index (χ1v) is 2.91. The van der Waals surface area contributed by atoms with Crippen molar-refractivity contribution in [2.75, 3.05) is 0 Å². The molecule has 0 aromatic carbocycles. The number of rotatable bonds is 1. The predicted molar refractivity (Wildman–Crippen MR) is 37.2 cm³/mol. The molecule has 10 heavy (non-hydrogen) atoms. The van der Waals surface area contributed by atoms with Crippen molar-refractivity contribution in [3.05, 3.63) is 0 Å². The van der Waals surface area contributed by atoms with E-state index in [0.717, 1.165) is 0 Å². The fourth-order valence-corrected chi connectivity index (χ4v) is 0.702. The van der Waals surface area contributed by atoms with Gasteiger partial charge in [-0.2, -0.15) is 0 Å². The third-order valence-corrected chi connectivity index (χ3v) is 1.03. The maximum atomic E-state index is 10.4. The molecule has 1 aliphatic rings. The molecule has 0 atom stereocenters. The summed E-state index contributed by atoms with van der Waals surface area (Å²) in [5, 5.41) is 0. The van der Waals surface area contributed by atoms with E-state index in [9.17, 15) is 4.79 Å². The van der Waals surface area contributed by atoms with Crippen LogP contribution in [0.1, 0.15) is 13.8 Å². The summed E-state index contributed by atoms with van der Waals surface area (Å²) in [5.74, 6) is -1.37. The van der Waals surface area contributed by atoms with E-state index >= 15 is 0 Å². The summed E-state index contributed by atoms with van der Waals surface area (Å²) >= 11 is 0. The Hall–Kier alpha value is -1.19. The van der Waals surface area contributed by atoms with Crippen LogP contribution in [0.2, 0.25) is 0 Å². The van der Waals surface area contributed by atoms with Gasteiger partial charge in [-0.05, 0) is 0 Å². The third-order valence-electron chi connectivity index (χ3n) is 1.03. The molecule has 1 aliphatic heterocycles. The summed E-state index contributed by atoms with van der Waals surface area (Å²) in [4.78, 5) is 18.1. The number of hydrogen-bond acceptors (Lipinski definition) is 4. The minimum absolute atomic E-state index is 0.376. The van der Waals surface area contributed by atoms with Gasteiger partial charge in [0.25, 0.3) is 5.85 Å². The second-order valence-corrected chi connectivity index (χ2v) is 2.08. The molecule has 1 heterocycles. The van der Waals surface area contributed by atoms with E-state index in [2.05, 4.69) is 9.98 Å². The van der Waals surface area contributed by atoms with E-state index in [4.69, 9.17) is 4.74 Å². The summed E-state index contributed by atoms with van der Waals surface area (Å²) in [6.07, 6.45) is 3.01. The minimum atomic E-state index is -0.994. The molecule has 0 aromatic rings. The standard InChI is InChI=1S/C6H8N2O2/c1-5(9)10-6(2)7-3-4-8-6/h3-4H,1-2H3. The lowest BCUT2D eigenvalue weighted by Crippen LogP contribution is -2.23. The van der Waals surface area contributed by atoms with E-state index in [0.29, 0.717) is 0 Å². The molecule has 0 aromatic heterocycles. The van der Waals surface area contributed by atoms with Gasteiger partial charge < -0.3 is 4.74 Å².